The van der Waals surface area contributed by atoms with E-state index >= 15 is 0 Å². The van der Waals surface area contributed by atoms with Gasteiger partial charge in [-0.15, -0.1) is 0 Å². The van der Waals surface area contributed by atoms with E-state index in [9.17, 15) is 4.79 Å². The molecule has 1 N–H and O–H groups in total. The number of aromatic nitrogens is 6. The van der Waals surface area contributed by atoms with Crippen molar-refractivity contribution in [3.8, 4) is 11.8 Å². The number of tetrazole rings is 1. The van der Waals surface area contributed by atoms with E-state index in [2.05, 4.69) is 30.8 Å². The number of ether oxygens (including phenoxy) is 3. The van der Waals surface area contributed by atoms with E-state index in [0.717, 1.165) is 5.69 Å². The molecule has 0 aliphatic carbocycles. The lowest BCUT2D eigenvalue weighted by Gasteiger charge is -2.18. The Hall–Kier alpha value is -3.64. The first-order valence-electron chi connectivity index (χ1n) is 10.1. The van der Waals surface area contributed by atoms with E-state index in [1.165, 1.54) is 18.7 Å². The van der Waals surface area contributed by atoms with Crippen LogP contribution in [0.15, 0.2) is 43.0 Å². The Morgan fingerprint density at radius 2 is 2.00 bits per heavy atom. The summed E-state index contributed by atoms with van der Waals surface area (Å²) in [5, 5.41) is 14.8. The molecule has 2 aliphatic rings. The highest BCUT2D eigenvalue weighted by molar-refractivity contribution is 5.93. The van der Waals surface area contributed by atoms with Gasteiger partial charge in [-0.25, -0.2) is 9.97 Å². The Morgan fingerprint density at radius 3 is 2.81 bits per heavy atom. The Bertz CT molecular complexity index is 1090. The van der Waals surface area contributed by atoms with E-state index < -0.39 is 0 Å². The molecule has 0 unspecified atom stereocenters. The maximum atomic E-state index is 12.5. The number of nitrogens with zero attached hydrogens (tertiary/aromatic N) is 7. The van der Waals surface area contributed by atoms with Crippen LogP contribution in [-0.4, -0.2) is 81.6 Å². The topological polar surface area (TPSA) is 129 Å². The van der Waals surface area contributed by atoms with Gasteiger partial charge in [-0.05, 0) is 22.6 Å². The molecule has 4 atom stereocenters. The van der Waals surface area contributed by atoms with Gasteiger partial charge in [-0.3, -0.25) is 4.79 Å². The van der Waals surface area contributed by atoms with Crippen LogP contribution in [0.1, 0.15) is 16.4 Å². The Kier molecular flexibility index (Phi) is 5.37. The lowest BCUT2D eigenvalue weighted by atomic mass is 10.1. The zero-order chi connectivity index (χ0) is 22.1. The minimum atomic E-state index is -0.331. The molecule has 2 aliphatic heterocycles. The smallest absolute Gasteiger partial charge is 0.341 e. The summed E-state index contributed by atoms with van der Waals surface area (Å²) in [6, 6.07) is 7.27. The molecule has 1 amide bonds. The highest BCUT2D eigenvalue weighted by Gasteiger charge is 2.50. The second-order valence-electron chi connectivity index (χ2n) is 7.77. The van der Waals surface area contributed by atoms with Crippen LogP contribution >= 0.6 is 0 Å². The van der Waals surface area contributed by atoms with Gasteiger partial charge < -0.3 is 24.4 Å². The van der Waals surface area contributed by atoms with Crippen molar-refractivity contribution in [1.82, 2.24) is 35.5 Å². The van der Waals surface area contributed by atoms with Crippen LogP contribution in [0.3, 0.4) is 0 Å². The molecule has 3 aromatic rings. The fourth-order valence-corrected chi connectivity index (χ4v) is 3.87. The lowest BCUT2D eigenvalue weighted by molar-refractivity contribution is 0.0606. The van der Waals surface area contributed by atoms with Crippen molar-refractivity contribution in [2.24, 2.45) is 0 Å². The number of hydrogen-bond acceptors (Lipinski definition) is 10. The number of carbonyl (C=O) groups is 1. The van der Waals surface area contributed by atoms with Gasteiger partial charge in [0.15, 0.2) is 0 Å². The summed E-state index contributed by atoms with van der Waals surface area (Å²) in [6.07, 6.45) is 3.64. The Labute approximate surface area is 183 Å². The van der Waals surface area contributed by atoms with E-state index in [1.807, 2.05) is 43.3 Å². The fraction of sp³-hybridized carbons (Fsp3) is 0.400. The van der Waals surface area contributed by atoms with Gasteiger partial charge in [0.2, 0.25) is 0 Å². The maximum absolute atomic E-state index is 12.5. The number of carbonyl (C=O) groups excluding carboxylic acids is 1. The maximum Gasteiger partial charge on any atom is 0.341 e. The summed E-state index contributed by atoms with van der Waals surface area (Å²) < 4.78 is 19.5. The molecule has 0 radical (unpaired) electrons. The quantitative estimate of drug-likeness (QED) is 0.579. The molecule has 0 bridgehead atoms. The van der Waals surface area contributed by atoms with Crippen LogP contribution in [0.4, 0.5) is 5.69 Å². The van der Waals surface area contributed by atoms with Crippen molar-refractivity contribution >= 4 is 11.6 Å². The second-order valence-corrected chi connectivity index (χ2v) is 7.77. The number of benzene rings is 1. The van der Waals surface area contributed by atoms with Crippen LogP contribution in [0.25, 0.3) is 0 Å². The monoisotopic (exact) mass is 438 g/mol. The summed E-state index contributed by atoms with van der Waals surface area (Å²) in [4.78, 5) is 22.2. The van der Waals surface area contributed by atoms with E-state index in [4.69, 9.17) is 14.2 Å². The average Bonchev–Trinajstić information content (AvgIpc) is 3.52. The molecular weight excluding hydrogens is 416 g/mol. The summed E-state index contributed by atoms with van der Waals surface area (Å²) in [7, 11) is 3.91. The van der Waals surface area contributed by atoms with E-state index in [0.29, 0.717) is 24.5 Å². The van der Waals surface area contributed by atoms with Crippen LogP contribution in [0, 0.1) is 0 Å². The van der Waals surface area contributed by atoms with Crippen LogP contribution in [0.5, 0.6) is 11.8 Å². The first-order valence-corrected chi connectivity index (χ1v) is 10.1. The van der Waals surface area contributed by atoms with Crippen molar-refractivity contribution in [3.05, 3.63) is 48.5 Å². The third-order valence-electron chi connectivity index (χ3n) is 5.49. The van der Waals surface area contributed by atoms with Crippen molar-refractivity contribution in [2.45, 2.75) is 24.3 Å². The molecule has 12 heteroatoms. The molecule has 1 aromatic carbocycles. The van der Waals surface area contributed by atoms with Gasteiger partial charge in [-0.2, -0.15) is 4.68 Å². The van der Waals surface area contributed by atoms with Gasteiger partial charge in [0.1, 0.15) is 30.3 Å². The highest BCUT2D eigenvalue weighted by atomic mass is 16.6. The molecule has 2 saturated heterocycles. The summed E-state index contributed by atoms with van der Waals surface area (Å²) in [6.45, 7) is 0.643. The average molecular weight is 438 g/mol. The Balaban J connectivity index is 1.28. The van der Waals surface area contributed by atoms with Gasteiger partial charge in [0, 0.05) is 38.2 Å². The summed E-state index contributed by atoms with van der Waals surface area (Å²) in [5.74, 6) is 0.337. The van der Waals surface area contributed by atoms with Crippen molar-refractivity contribution < 1.29 is 19.0 Å². The van der Waals surface area contributed by atoms with Gasteiger partial charge in [-0.1, -0.05) is 11.2 Å². The third kappa shape index (κ3) is 3.85. The first-order chi connectivity index (χ1) is 15.6. The van der Waals surface area contributed by atoms with Crippen LogP contribution < -0.4 is 15.0 Å². The van der Waals surface area contributed by atoms with Gasteiger partial charge in [0.05, 0.1) is 24.8 Å². The second kappa shape index (κ2) is 8.48. The number of hydrogen-bond donors (Lipinski definition) is 1. The van der Waals surface area contributed by atoms with Crippen molar-refractivity contribution in [1.29, 1.82) is 0 Å². The molecule has 32 heavy (non-hydrogen) atoms. The van der Waals surface area contributed by atoms with E-state index in [-0.39, 0.29) is 36.2 Å². The van der Waals surface area contributed by atoms with Crippen LogP contribution in [-0.2, 0) is 9.47 Å². The molecule has 2 aromatic heterocycles. The number of amides is 1. The SMILES string of the molecule is CN(C)c1cccc(Oc2nnnn2[C@@H]2CO[C@@H]3[C@@H]2OC[C@@H]3NC(=O)c2cncnc2)c1. The zero-order valence-corrected chi connectivity index (χ0v) is 17.5. The standard InChI is InChI=1S/C20H22N8O4/c1-27(2)13-4-3-5-14(6-13)32-20-24-25-26-28(20)16-10-31-17-15(9-30-18(16)17)23-19(29)12-7-21-11-22-8-12/h3-8,11,15-18H,9-10H2,1-2H3,(H,23,29)/t15-,16+,17-,18+/m0/s1. The minimum absolute atomic E-state index is 0.243. The largest absolute Gasteiger partial charge is 0.423 e. The van der Waals surface area contributed by atoms with Gasteiger partial charge in [0.25, 0.3) is 5.91 Å². The third-order valence-corrected chi connectivity index (χ3v) is 5.49. The molecule has 12 nitrogen and oxygen atoms in total. The molecule has 0 spiro atoms. The first kappa shape index (κ1) is 20.3. The molecular formula is C20H22N8O4. The minimum Gasteiger partial charge on any atom is -0.423 e. The highest BCUT2D eigenvalue weighted by Crippen LogP contribution is 2.36. The predicted octanol–water partition coefficient (Wildman–Crippen LogP) is 0.459. The fourth-order valence-electron chi connectivity index (χ4n) is 3.87. The van der Waals surface area contributed by atoms with Crippen LogP contribution in [0.2, 0.25) is 0 Å². The normalized spacial score (nSPS) is 24.2. The number of nitrogens with one attached hydrogen (secondary N) is 1. The van der Waals surface area contributed by atoms with E-state index in [1.54, 1.807) is 4.68 Å². The number of rotatable bonds is 6. The number of fused-ring (bicyclic) bond motifs is 1. The zero-order valence-electron chi connectivity index (χ0n) is 17.5. The van der Waals surface area contributed by atoms with Crippen molar-refractivity contribution in [2.75, 3.05) is 32.2 Å². The predicted molar refractivity (Wildman–Crippen MR) is 110 cm³/mol. The lowest BCUT2D eigenvalue weighted by Crippen LogP contribution is -2.44. The molecule has 0 saturated carbocycles. The molecule has 5 rings (SSSR count). The van der Waals surface area contributed by atoms with Gasteiger partial charge >= 0.3 is 6.01 Å². The van der Waals surface area contributed by atoms with Crippen molar-refractivity contribution in [3.63, 3.8) is 0 Å². The molecule has 166 valence electrons. The summed E-state index contributed by atoms with van der Waals surface area (Å²) in [5.41, 5.74) is 1.37. The number of anilines is 1. The summed E-state index contributed by atoms with van der Waals surface area (Å²) >= 11 is 0. The molecule has 2 fully saturated rings. The Morgan fingerprint density at radius 1 is 1.19 bits per heavy atom. The molecule has 4 heterocycles.